The third kappa shape index (κ3) is 4.40. The van der Waals surface area contributed by atoms with Gasteiger partial charge in [0.2, 0.25) is 0 Å². The summed E-state index contributed by atoms with van der Waals surface area (Å²) < 4.78 is 1.98. The Kier molecular flexibility index (Phi) is 5.48. The maximum absolute atomic E-state index is 4.32. The summed E-state index contributed by atoms with van der Waals surface area (Å²) in [5.41, 5.74) is 1.30. The molecule has 4 heteroatoms. The summed E-state index contributed by atoms with van der Waals surface area (Å²) in [4.78, 5) is 1.33. The van der Waals surface area contributed by atoms with Gasteiger partial charge in [0.1, 0.15) is 0 Å². The molecule has 1 aromatic carbocycles. The molecule has 0 aliphatic heterocycles. The van der Waals surface area contributed by atoms with Gasteiger partial charge in [0.05, 0.1) is 6.20 Å². The lowest BCUT2D eigenvalue weighted by atomic mass is 10.1. The molecule has 0 radical (unpaired) electrons. The molecule has 0 saturated carbocycles. The number of hydrogen-bond acceptors (Lipinski definition) is 3. The van der Waals surface area contributed by atoms with Gasteiger partial charge >= 0.3 is 0 Å². The van der Waals surface area contributed by atoms with Gasteiger partial charge in [0, 0.05) is 29.4 Å². The number of hydrogen-bond donors (Lipinski definition) is 1. The van der Waals surface area contributed by atoms with Crippen molar-refractivity contribution in [3.8, 4) is 0 Å². The number of nitrogens with one attached hydrogen (secondary N) is 1. The van der Waals surface area contributed by atoms with Crippen LogP contribution in [0.15, 0.2) is 47.6 Å². The second-order valence-corrected chi connectivity index (χ2v) is 5.61. The Morgan fingerprint density at radius 2 is 2.11 bits per heavy atom. The van der Waals surface area contributed by atoms with E-state index in [9.17, 15) is 0 Å². The zero-order valence-electron chi connectivity index (χ0n) is 11.5. The van der Waals surface area contributed by atoms with Crippen LogP contribution in [0.25, 0.3) is 0 Å². The van der Waals surface area contributed by atoms with Crippen LogP contribution in [0.5, 0.6) is 0 Å². The van der Waals surface area contributed by atoms with Gasteiger partial charge in [-0.3, -0.25) is 4.68 Å². The molecule has 1 unspecified atom stereocenters. The van der Waals surface area contributed by atoms with E-state index in [0.717, 1.165) is 18.7 Å². The van der Waals surface area contributed by atoms with Gasteiger partial charge in [0.15, 0.2) is 0 Å². The fraction of sp³-hybridized carbons (Fsp3) is 0.400. The van der Waals surface area contributed by atoms with Crippen molar-refractivity contribution in [2.75, 3.05) is 12.8 Å². The van der Waals surface area contributed by atoms with Crippen LogP contribution in [0.4, 0.5) is 0 Å². The van der Waals surface area contributed by atoms with Crippen LogP contribution in [0, 0.1) is 0 Å². The van der Waals surface area contributed by atoms with E-state index in [1.54, 1.807) is 0 Å². The minimum absolute atomic E-state index is 0.472. The second kappa shape index (κ2) is 7.36. The van der Waals surface area contributed by atoms with Crippen LogP contribution >= 0.6 is 11.8 Å². The van der Waals surface area contributed by atoms with Crippen molar-refractivity contribution in [2.24, 2.45) is 0 Å². The first-order valence-electron chi connectivity index (χ1n) is 6.68. The fourth-order valence-corrected chi connectivity index (χ4v) is 2.95. The molecule has 3 nitrogen and oxygen atoms in total. The van der Waals surface area contributed by atoms with Gasteiger partial charge < -0.3 is 5.32 Å². The van der Waals surface area contributed by atoms with E-state index in [1.165, 1.54) is 10.5 Å². The summed E-state index contributed by atoms with van der Waals surface area (Å²) in [7, 11) is 2.03. The van der Waals surface area contributed by atoms with Gasteiger partial charge in [-0.1, -0.05) is 18.2 Å². The Hall–Kier alpha value is -1.26. The molecular formula is C15H21N3S. The molecule has 2 rings (SSSR count). The highest BCUT2D eigenvalue weighted by molar-refractivity contribution is 7.99. The van der Waals surface area contributed by atoms with Crippen LogP contribution in [0.1, 0.15) is 12.5 Å². The number of aryl methyl sites for hydroxylation is 1. The number of aromatic nitrogens is 2. The minimum atomic E-state index is 0.472. The SMILES string of the molecule is CCn1cc(CC(CSc2ccccc2)NC)cn1. The van der Waals surface area contributed by atoms with Crippen LogP contribution in [0.3, 0.4) is 0 Å². The topological polar surface area (TPSA) is 29.9 Å². The maximum atomic E-state index is 4.32. The summed E-state index contributed by atoms with van der Waals surface area (Å²) in [6, 6.07) is 11.0. The number of rotatable bonds is 7. The van der Waals surface area contributed by atoms with Crippen molar-refractivity contribution in [1.82, 2.24) is 15.1 Å². The standard InChI is InChI=1S/C15H21N3S/c1-3-18-11-13(10-17-18)9-14(16-2)12-19-15-7-5-4-6-8-15/h4-8,10-11,14,16H,3,9,12H2,1-2H3. The third-order valence-corrected chi connectivity index (χ3v) is 4.27. The Labute approximate surface area is 119 Å². The highest BCUT2D eigenvalue weighted by atomic mass is 32.2. The first-order chi connectivity index (χ1) is 9.31. The molecule has 0 bridgehead atoms. The molecular weight excluding hydrogens is 254 g/mol. The van der Waals surface area contributed by atoms with Crippen LogP contribution in [-0.2, 0) is 13.0 Å². The number of benzene rings is 1. The van der Waals surface area contributed by atoms with Gasteiger partial charge in [-0.15, -0.1) is 11.8 Å². The van der Waals surface area contributed by atoms with Gasteiger partial charge in [-0.05, 0) is 38.1 Å². The molecule has 0 saturated heterocycles. The normalized spacial score (nSPS) is 12.5. The summed E-state index contributed by atoms with van der Waals surface area (Å²) in [5.74, 6) is 1.07. The first-order valence-corrected chi connectivity index (χ1v) is 7.66. The second-order valence-electron chi connectivity index (χ2n) is 4.52. The van der Waals surface area contributed by atoms with Crippen molar-refractivity contribution in [2.45, 2.75) is 30.8 Å². The molecule has 1 heterocycles. The smallest absolute Gasteiger partial charge is 0.0522 e. The monoisotopic (exact) mass is 275 g/mol. The molecule has 2 aromatic rings. The number of likely N-dealkylation sites (N-methyl/N-ethyl adjacent to an activating group) is 1. The third-order valence-electron chi connectivity index (χ3n) is 3.10. The largest absolute Gasteiger partial charge is 0.316 e. The van der Waals surface area contributed by atoms with E-state index in [2.05, 4.69) is 53.9 Å². The van der Waals surface area contributed by atoms with E-state index < -0.39 is 0 Å². The Balaban J connectivity index is 1.86. The fourth-order valence-electron chi connectivity index (χ4n) is 1.93. The van der Waals surface area contributed by atoms with Crippen molar-refractivity contribution in [3.63, 3.8) is 0 Å². The maximum Gasteiger partial charge on any atom is 0.0522 e. The van der Waals surface area contributed by atoms with E-state index in [1.807, 2.05) is 29.7 Å². The molecule has 1 N–H and O–H groups in total. The van der Waals surface area contributed by atoms with Gasteiger partial charge in [-0.2, -0.15) is 5.10 Å². The Bertz CT molecular complexity index is 481. The first kappa shape index (κ1) is 14.2. The average Bonchev–Trinajstić information content (AvgIpc) is 2.92. The Morgan fingerprint density at radius 3 is 2.74 bits per heavy atom. The lowest BCUT2D eigenvalue weighted by molar-refractivity contribution is 0.615. The Morgan fingerprint density at radius 1 is 1.32 bits per heavy atom. The lowest BCUT2D eigenvalue weighted by Crippen LogP contribution is -2.29. The van der Waals surface area contributed by atoms with Gasteiger partial charge in [0.25, 0.3) is 0 Å². The highest BCUT2D eigenvalue weighted by Gasteiger charge is 2.09. The molecule has 19 heavy (non-hydrogen) atoms. The van der Waals surface area contributed by atoms with Crippen molar-refractivity contribution < 1.29 is 0 Å². The van der Waals surface area contributed by atoms with Crippen LogP contribution < -0.4 is 5.32 Å². The van der Waals surface area contributed by atoms with E-state index in [-0.39, 0.29) is 0 Å². The summed E-state index contributed by atoms with van der Waals surface area (Å²) in [5, 5.41) is 7.71. The number of nitrogens with zero attached hydrogens (tertiary/aromatic N) is 2. The summed E-state index contributed by atoms with van der Waals surface area (Å²) >= 11 is 1.90. The summed E-state index contributed by atoms with van der Waals surface area (Å²) in [6.45, 7) is 3.04. The summed E-state index contributed by atoms with van der Waals surface area (Å²) in [6.07, 6.45) is 5.13. The molecule has 0 aliphatic carbocycles. The van der Waals surface area contributed by atoms with E-state index in [4.69, 9.17) is 0 Å². The predicted molar refractivity (Wildman–Crippen MR) is 81.6 cm³/mol. The molecule has 102 valence electrons. The molecule has 0 amide bonds. The molecule has 1 atom stereocenters. The van der Waals surface area contributed by atoms with Crippen molar-refractivity contribution >= 4 is 11.8 Å². The molecule has 0 spiro atoms. The highest BCUT2D eigenvalue weighted by Crippen LogP contribution is 2.19. The van der Waals surface area contributed by atoms with Crippen molar-refractivity contribution in [1.29, 1.82) is 0 Å². The van der Waals surface area contributed by atoms with E-state index >= 15 is 0 Å². The molecule has 0 aliphatic rings. The quantitative estimate of drug-likeness (QED) is 0.788. The minimum Gasteiger partial charge on any atom is -0.316 e. The molecule has 1 aromatic heterocycles. The van der Waals surface area contributed by atoms with Crippen LogP contribution in [-0.4, -0.2) is 28.6 Å². The van der Waals surface area contributed by atoms with Gasteiger partial charge in [-0.25, -0.2) is 0 Å². The van der Waals surface area contributed by atoms with Crippen LogP contribution in [0.2, 0.25) is 0 Å². The van der Waals surface area contributed by atoms with Crippen molar-refractivity contribution in [3.05, 3.63) is 48.3 Å². The zero-order valence-corrected chi connectivity index (χ0v) is 12.4. The predicted octanol–water partition coefficient (Wildman–Crippen LogP) is 2.83. The molecule has 0 fully saturated rings. The lowest BCUT2D eigenvalue weighted by Gasteiger charge is -2.14. The number of thioether (sulfide) groups is 1. The average molecular weight is 275 g/mol. The zero-order chi connectivity index (χ0) is 13.5. The van der Waals surface area contributed by atoms with E-state index in [0.29, 0.717) is 6.04 Å².